The maximum atomic E-state index is 12.8. The van der Waals surface area contributed by atoms with E-state index in [2.05, 4.69) is 32.3 Å². The third kappa shape index (κ3) is 6.71. The zero-order chi connectivity index (χ0) is 20.9. The molecule has 4 rings (SSSR count). The summed E-state index contributed by atoms with van der Waals surface area (Å²) < 4.78 is 2.15. The van der Waals surface area contributed by atoms with Crippen molar-refractivity contribution in [3.63, 3.8) is 0 Å². The standard InChI is InChI=1S/C24H31N5O.2ClH/c1-2-3-4-22-15-28(13-20-9-10-20)24(30)17-27(22)16-23-12-26-18-29(23)14-21-7-5-19(11-25)6-8-21;;/h5-8,12,18,20,22H,2-4,9-10,13-17H2,1H3;2*1H/t22-;;/m0../s1. The van der Waals surface area contributed by atoms with Gasteiger partial charge in [-0.1, -0.05) is 31.9 Å². The Morgan fingerprint density at radius 2 is 1.91 bits per heavy atom. The van der Waals surface area contributed by atoms with Gasteiger partial charge in [-0.2, -0.15) is 5.26 Å². The lowest BCUT2D eigenvalue weighted by atomic mass is 10.0. The highest BCUT2D eigenvalue weighted by Crippen LogP contribution is 2.31. The van der Waals surface area contributed by atoms with Crippen LogP contribution in [0.15, 0.2) is 36.8 Å². The Morgan fingerprint density at radius 3 is 2.56 bits per heavy atom. The van der Waals surface area contributed by atoms with E-state index in [-0.39, 0.29) is 30.7 Å². The molecule has 1 aliphatic heterocycles. The van der Waals surface area contributed by atoms with Crippen LogP contribution in [0.3, 0.4) is 0 Å². The summed E-state index contributed by atoms with van der Waals surface area (Å²) in [5.74, 6) is 1.01. The molecule has 2 aromatic rings. The van der Waals surface area contributed by atoms with Gasteiger partial charge in [-0.15, -0.1) is 24.8 Å². The fourth-order valence-electron chi connectivity index (χ4n) is 4.27. The highest BCUT2D eigenvalue weighted by Gasteiger charge is 2.35. The summed E-state index contributed by atoms with van der Waals surface area (Å²) in [6.07, 6.45) is 9.84. The molecule has 1 saturated carbocycles. The van der Waals surface area contributed by atoms with Crippen LogP contribution in [0.2, 0.25) is 0 Å². The maximum Gasteiger partial charge on any atom is 0.236 e. The number of carbonyl (C=O) groups excluding carboxylic acids is 1. The van der Waals surface area contributed by atoms with E-state index in [1.807, 2.05) is 36.8 Å². The fourth-order valence-corrected chi connectivity index (χ4v) is 4.27. The smallest absolute Gasteiger partial charge is 0.236 e. The second-order valence-corrected chi connectivity index (χ2v) is 8.76. The van der Waals surface area contributed by atoms with Crippen molar-refractivity contribution in [2.45, 2.75) is 58.2 Å². The molecule has 0 spiro atoms. The van der Waals surface area contributed by atoms with Crippen molar-refractivity contribution < 1.29 is 4.79 Å². The van der Waals surface area contributed by atoms with Crippen LogP contribution in [0.5, 0.6) is 0 Å². The molecule has 0 N–H and O–H groups in total. The zero-order valence-corrected chi connectivity index (χ0v) is 20.3. The molecule has 6 nitrogen and oxygen atoms in total. The maximum absolute atomic E-state index is 12.8. The van der Waals surface area contributed by atoms with Crippen molar-refractivity contribution in [3.8, 4) is 6.07 Å². The molecule has 1 aromatic heterocycles. The van der Waals surface area contributed by atoms with Gasteiger partial charge in [-0.3, -0.25) is 9.69 Å². The predicted octanol–water partition coefficient (Wildman–Crippen LogP) is 4.26. The molecular weight excluding hydrogens is 445 g/mol. The fraction of sp³-hybridized carbons (Fsp3) is 0.542. The number of hydrogen-bond acceptors (Lipinski definition) is 4. The molecule has 1 aliphatic carbocycles. The van der Waals surface area contributed by atoms with Gasteiger partial charge in [0.15, 0.2) is 0 Å². The minimum atomic E-state index is 0. The van der Waals surface area contributed by atoms with Crippen molar-refractivity contribution in [3.05, 3.63) is 53.6 Å². The molecule has 2 heterocycles. The van der Waals surface area contributed by atoms with Gasteiger partial charge in [-0.25, -0.2) is 4.98 Å². The second-order valence-electron chi connectivity index (χ2n) is 8.76. The molecule has 8 heteroatoms. The van der Waals surface area contributed by atoms with Gasteiger partial charge in [0.1, 0.15) is 0 Å². The average Bonchev–Trinajstić information content (AvgIpc) is 3.48. The topological polar surface area (TPSA) is 65.2 Å². The van der Waals surface area contributed by atoms with E-state index >= 15 is 0 Å². The Labute approximate surface area is 203 Å². The lowest BCUT2D eigenvalue weighted by molar-refractivity contribution is -0.139. The van der Waals surface area contributed by atoms with Crippen LogP contribution in [0, 0.1) is 17.2 Å². The van der Waals surface area contributed by atoms with Gasteiger partial charge in [0, 0.05) is 38.4 Å². The van der Waals surface area contributed by atoms with Crippen LogP contribution < -0.4 is 0 Å². The molecule has 0 bridgehead atoms. The summed E-state index contributed by atoms with van der Waals surface area (Å²) in [4.78, 5) is 21.6. The summed E-state index contributed by atoms with van der Waals surface area (Å²) in [5.41, 5.74) is 2.94. The minimum absolute atomic E-state index is 0. The number of carbonyl (C=O) groups is 1. The second kappa shape index (κ2) is 12.2. The van der Waals surface area contributed by atoms with E-state index in [4.69, 9.17) is 5.26 Å². The average molecular weight is 478 g/mol. The van der Waals surface area contributed by atoms with Crippen molar-refractivity contribution >= 4 is 30.7 Å². The van der Waals surface area contributed by atoms with Crippen LogP contribution in [-0.4, -0.2) is 50.9 Å². The SMILES string of the molecule is CCCC[C@H]1CN(CC2CC2)C(=O)CN1Cc1cncn1Cc1ccc(C#N)cc1.Cl.Cl. The number of aromatic nitrogens is 2. The first-order valence-corrected chi connectivity index (χ1v) is 11.2. The van der Waals surface area contributed by atoms with Crippen LogP contribution in [0.1, 0.15) is 55.8 Å². The first-order chi connectivity index (χ1) is 14.7. The third-order valence-electron chi connectivity index (χ3n) is 6.30. The molecular formula is C24H33Cl2N5O. The van der Waals surface area contributed by atoms with E-state index in [1.54, 1.807) is 0 Å². The Balaban J connectivity index is 0.00000181. The molecule has 174 valence electrons. The molecule has 1 saturated heterocycles. The molecule has 1 atom stereocenters. The monoisotopic (exact) mass is 477 g/mol. The molecule has 0 unspecified atom stereocenters. The van der Waals surface area contributed by atoms with Gasteiger partial charge in [0.25, 0.3) is 0 Å². The lowest BCUT2D eigenvalue weighted by Crippen LogP contribution is -2.56. The van der Waals surface area contributed by atoms with Crippen molar-refractivity contribution in [2.24, 2.45) is 5.92 Å². The van der Waals surface area contributed by atoms with E-state index < -0.39 is 0 Å². The van der Waals surface area contributed by atoms with Gasteiger partial charge in [0.2, 0.25) is 5.91 Å². The summed E-state index contributed by atoms with van der Waals surface area (Å²) in [6, 6.07) is 10.3. The number of rotatable bonds is 9. The Bertz CT molecular complexity index is 904. The number of amides is 1. The van der Waals surface area contributed by atoms with Crippen LogP contribution in [0.4, 0.5) is 0 Å². The molecule has 2 fully saturated rings. The Hall–Kier alpha value is -2.07. The molecule has 1 aromatic carbocycles. The van der Waals surface area contributed by atoms with Crippen molar-refractivity contribution in [2.75, 3.05) is 19.6 Å². The number of nitriles is 1. The van der Waals surface area contributed by atoms with Crippen LogP contribution >= 0.6 is 24.8 Å². The van der Waals surface area contributed by atoms with E-state index in [0.29, 0.717) is 18.2 Å². The van der Waals surface area contributed by atoms with Gasteiger partial charge in [-0.05, 0) is 42.9 Å². The summed E-state index contributed by atoms with van der Waals surface area (Å²) >= 11 is 0. The quantitative estimate of drug-likeness (QED) is 0.540. The van der Waals surface area contributed by atoms with Crippen LogP contribution in [-0.2, 0) is 17.9 Å². The summed E-state index contributed by atoms with van der Waals surface area (Å²) in [6.45, 7) is 6.00. The van der Waals surface area contributed by atoms with E-state index in [0.717, 1.165) is 49.8 Å². The van der Waals surface area contributed by atoms with Gasteiger partial charge >= 0.3 is 0 Å². The summed E-state index contributed by atoms with van der Waals surface area (Å²) in [5, 5.41) is 8.99. The minimum Gasteiger partial charge on any atom is -0.340 e. The lowest BCUT2D eigenvalue weighted by Gasteiger charge is -2.41. The highest BCUT2D eigenvalue weighted by molar-refractivity contribution is 5.85. The Kier molecular flexibility index (Phi) is 10.0. The van der Waals surface area contributed by atoms with Gasteiger partial charge in [0.05, 0.1) is 30.2 Å². The van der Waals surface area contributed by atoms with E-state index in [1.165, 1.54) is 25.7 Å². The first-order valence-electron chi connectivity index (χ1n) is 11.2. The molecule has 2 aliphatic rings. The zero-order valence-electron chi connectivity index (χ0n) is 18.7. The molecule has 1 amide bonds. The Morgan fingerprint density at radius 1 is 1.16 bits per heavy atom. The largest absolute Gasteiger partial charge is 0.340 e. The number of halogens is 2. The highest BCUT2D eigenvalue weighted by atomic mass is 35.5. The third-order valence-corrected chi connectivity index (χ3v) is 6.30. The normalized spacial score (nSPS) is 18.6. The van der Waals surface area contributed by atoms with Crippen LogP contribution in [0.25, 0.3) is 0 Å². The number of nitrogens with zero attached hydrogens (tertiary/aromatic N) is 5. The number of hydrogen-bond donors (Lipinski definition) is 0. The molecule has 32 heavy (non-hydrogen) atoms. The summed E-state index contributed by atoms with van der Waals surface area (Å²) in [7, 11) is 0. The predicted molar refractivity (Wildman–Crippen MR) is 130 cm³/mol. The number of piperazine rings is 1. The number of unbranched alkanes of at least 4 members (excludes halogenated alkanes) is 1. The van der Waals surface area contributed by atoms with E-state index in [9.17, 15) is 4.79 Å². The number of benzene rings is 1. The molecule has 0 radical (unpaired) electrons. The number of imidazole rings is 1. The van der Waals surface area contributed by atoms with Crippen molar-refractivity contribution in [1.29, 1.82) is 5.26 Å². The van der Waals surface area contributed by atoms with Crippen molar-refractivity contribution in [1.82, 2.24) is 19.4 Å². The first kappa shape index (κ1) is 26.2. The van der Waals surface area contributed by atoms with Gasteiger partial charge < -0.3 is 9.47 Å².